The molecule has 3 rings (SSSR count). The first-order chi connectivity index (χ1) is 11.6. The molecule has 0 spiro atoms. The van der Waals surface area contributed by atoms with Crippen molar-refractivity contribution in [2.24, 2.45) is 0 Å². The number of carbonyl (C=O) groups excluding carboxylic acids is 1. The first-order valence-electron chi connectivity index (χ1n) is 8.46. The summed E-state index contributed by atoms with van der Waals surface area (Å²) < 4.78 is 12.7. The van der Waals surface area contributed by atoms with Crippen LogP contribution in [0.3, 0.4) is 0 Å². The second-order valence-electron chi connectivity index (χ2n) is 6.17. The quantitative estimate of drug-likeness (QED) is 0.910. The minimum atomic E-state index is -0.293. The van der Waals surface area contributed by atoms with Gasteiger partial charge in [0.15, 0.2) is 0 Å². The highest BCUT2D eigenvalue weighted by atomic mass is 16.5. The summed E-state index contributed by atoms with van der Waals surface area (Å²) in [5, 5.41) is 7.58. The molecule has 1 aliphatic heterocycles. The van der Waals surface area contributed by atoms with Crippen molar-refractivity contribution in [3.05, 3.63) is 35.3 Å². The zero-order valence-corrected chi connectivity index (χ0v) is 14.4. The molecule has 1 fully saturated rings. The number of ether oxygens (including phenoxy) is 1. The molecule has 1 saturated heterocycles. The van der Waals surface area contributed by atoms with Crippen LogP contribution < -0.4 is 5.32 Å². The second-order valence-corrected chi connectivity index (χ2v) is 6.17. The standard InChI is InChI=1S/C17H24N4O3/c1-4-21-10-14(15(20-21)13-5-7-23-8-6-13)16(22)19-12(3)17-18-9-11(2)24-17/h9-10,12-13H,4-8H2,1-3H3,(H,19,22). The summed E-state index contributed by atoms with van der Waals surface area (Å²) in [5.41, 5.74) is 1.51. The third kappa shape index (κ3) is 3.51. The topological polar surface area (TPSA) is 82.2 Å². The van der Waals surface area contributed by atoms with Gasteiger partial charge in [0.1, 0.15) is 11.8 Å². The van der Waals surface area contributed by atoms with Gasteiger partial charge in [0, 0.05) is 31.9 Å². The van der Waals surface area contributed by atoms with Crippen molar-refractivity contribution in [3.63, 3.8) is 0 Å². The Bertz CT molecular complexity index is 701. The van der Waals surface area contributed by atoms with Crippen LogP contribution in [0, 0.1) is 6.92 Å². The minimum absolute atomic E-state index is 0.139. The fourth-order valence-corrected chi connectivity index (χ4v) is 2.95. The molecule has 24 heavy (non-hydrogen) atoms. The maximum atomic E-state index is 12.8. The lowest BCUT2D eigenvalue weighted by Crippen LogP contribution is -2.28. The Morgan fingerprint density at radius 3 is 2.83 bits per heavy atom. The van der Waals surface area contributed by atoms with Gasteiger partial charge in [-0.3, -0.25) is 9.48 Å². The Morgan fingerprint density at radius 1 is 1.46 bits per heavy atom. The predicted molar refractivity (Wildman–Crippen MR) is 87.8 cm³/mol. The van der Waals surface area contributed by atoms with E-state index in [0.29, 0.717) is 11.5 Å². The molecular formula is C17H24N4O3. The van der Waals surface area contributed by atoms with E-state index in [4.69, 9.17) is 9.15 Å². The molecule has 0 aliphatic carbocycles. The number of amides is 1. The van der Waals surface area contributed by atoms with Crippen LogP contribution in [-0.2, 0) is 11.3 Å². The van der Waals surface area contributed by atoms with Crippen LogP contribution in [0.15, 0.2) is 16.8 Å². The molecule has 2 aromatic rings. The van der Waals surface area contributed by atoms with E-state index in [1.807, 2.05) is 31.6 Å². The van der Waals surface area contributed by atoms with Crippen molar-refractivity contribution in [2.75, 3.05) is 13.2 Å². The van der Waals surface area contributed by atoms with E-state index < -0.39 is 0 Å². The fraction of sp³-hybridized carbons (Fsp3) is 0.588. The van der Waals surface area contributed by atoms with Crippen LogP contribution in [-0.4, -0.2) is 33.9 Å². The fourth-order valence-electron chi connectivity index (χ4n) is 2.95. The van der Waals surface area contributed by atoms with Crippen LogP contribution in [0.5, 0.6) is 0 Å². The third-order valence-electron chi connectivity index (χ3n) is 4.32. The van der Waals surface area contributed by atoms with Gasteiger partial charge < -0.3 is 14.5 Å². The van der Waals surface area contributed by atoms with Crippen molar-refractivity contribution < 1.29 is 13.9 Å². The lowest BCUT2D eigenvalue weighted by Gasteiger charge is -2.21. The van der Waals surface area contributed by atoms with Crippen LogP contribution in [0.2, 0.25) is 0 Å². The molecule has 0 aromatic carbocycles. The molecule has 7 heteroatoms. The van der Waals surface area contributed by atoms with Gasteiger partial charge >= 0.3 is 0 Å². The van der Waals surface area contributed by atoms with Gasteiger partial charge in [-0.25, -0.2) is 4.98 Å². The highest BCUT2D eigenvalue weighted by Gasteiger charge is 2.26. The van der Waals surface area contributed by atoms with Crippen molar-refractivity contribution >= 4 is 5.91 Å². The van der Waals surface area contributed by atoms with Crippen molar-refractivity contribution in [2.45, 2.75) is 52.1 Å². The van der Waals surface area contributed by atoms with Gasteiger partial charge in [-0.2, -0.15) is 5.10 Å². The summed E-state index contributed by atoms with van der Waals surface area (Å²) in [6.07, 6.45) is 5.28. The van der Waals surface area contributed by atoms with E-state index in [2.05, 4.69) is 15.4 Å². The molecule has 2 aromatic heterocycles. The first kappa shape index (κ1) is 16.7. The molecule has 0 bridgehead atoms. The number of rotatable bonds is 5. The van der Waals surface area contributed by atoms with E-state index in [9.17, 15) is 4.79 Å². The Balaban J connectivity index is 1.79. The third-order valence-corrected chi connectivity index (χ3v) is 4.32. The van der Waals surface area contributed by atoms with Crippen LogP contribution in [0.25, 0.3) is 0 Å². The molecule has 0 saturated carbocycles. The number of hydrogen-bond acceptors (Lipinski definition) is 5. The normalized spacial score (nSPS) is 17.0. The zero-order chi connectivity index (χ0) is 17.1. The van der Waals surface area contributed by atoms with Crippen molar-refractivity contribution in [1.29, 1.82) is 0 Å². The molecular weight excluding hydrogens is 308 g/mol. The Hall–Kier alpha value is -2.15. The summed E-state index contributed by atoms with van der Waals surface area (Å²) in [4.78, 5) is 16.9. The number of nitrogens with one attached hydrogen (secondary N) is 1. The maximum Gasteiger partial charge on any atom is 0.255 e. The summed E-state index contributed by atoms with van der Waals surface area (Å²) >= 11 is 0. The Kier molecular flexibility index (Phi) is 4.99. The highest BCUT2D eigenvalue weighted by molar-refractivity contribution is 5.95. The Labute approximate surface area is 141 Å². The van der Waals surface area contributed by atoms with Gasteiger partial charge in [0.2, 0.25) is 5.89 Å². The summed E-state index contributed by atoms with van der Waals surface area (Å²) in [6, 6.07) is -0.293. The number of aryl methyl sites for hydroxylation is 2. The van der Waals surface area contributed by atoms with E-state index >= 15 is 0 Å². The summed E-state index contributed by atoms with van der Waals surface area (Å²) in [6.45, 7) is 7.88. The molecule has 7 nitrogen and oxygen atoms in total. The molecule has 1 N–H and O–H groups in total. The van der Waals surface area contributed by atoms with Crippen molar-refractivity contribution in [3.8, 4) is 0 Å². The lowest BCUT2D eigenvalue weighted by molar-refractivity contribution is 0.0830. The minimum Gasteiger partial charge on any atom is -0.444 e. The molecule has 1 aliphatic rings. The number of aromatic nitrogens is 3. The predicted octanol–water partition coefficient (Wildman–Crippen LogP) is 2.58. The SMILES string of the molecule is CCn1cc(C(=O)NC(C)c2ncc(C)o2)c(C2CCOCC2)n1. The van der Waals surface area contributed by atoms with Crippen LogP contribution >= 0.6 is 0 Å². The molecule has 1 unspecified atom stereocenters. The highest BCUT2D eigenvalue weighted by Crippen LogP contribution is 2.28. The van der Waals surface area contributed by atoms with Gasteiger partial charge in [-0.15, -0.1) is 0 Å². The van der Waals surface area contributed by atoms with E-state index in [0.717, 1.165) is 44.1 Å². The van der Waals surface area contributed by atoms with E-state index in [1.165, 1.54) is 0 Å². The summed E-state index contributed by atoms with van der Waals surface area (Å²) in [5.74, 6) is 1.37. The number of hydrogen-bond donors (Lipinski definition) is 1. The molecule has 1 atom stereocenters. The zero-order valence-electron chi connectivity index (χ0n) is 14.4. The number of carbonyl (C=O) groups is 1. The maximum absolute atomic E-state index is 12.8. The van der Waals surface area contributed by atoms with Crippen LogP contribution in [0.1, 0.15) is 66.4 Å². The van der Waals surface area contributed by atoms with E-state index in [-0.39, 0.29) is 17.9 Å². The monoisotopic (exact) mass is 332 g/mol. The van der Waals surface area contributed by atoms with E-state index in [1.54, 1.807) is 6.20 Å². The van der Waals surface area contributed by atoms with Gasteiger partial charge in [-0.1, -0.05) is 0 Å². The number of nitrogens with zero attached hydrogens (tertiary/aromatic N) is 3. The lowest BCUT2D eigenvalue weighted by atomic mass is 9.94. The van der Waals surface area contributed by atoms with Crippen molar-refractivity contribution in [1.82, 2.24) is 20.1 Å². The molecule has 3 heterocycles. The molecule has 1 amide bonds. The van der Waals surface area contributed by atoms with Gasteiger partial charge in [0.05, 0.1) is 17.5 Å². The molecule has 130 valence electrons. The smallest absolute Gasteiger partial charge is 0.255 e. The largest absolute Gasteiger partial charge is 0.444 e. The molecule has 0 radical (unpaired) electrons. The number of oxazole rings is 1. The van der Waals surface area contributed by atoms with Gasteiger partial charge in [0.25, 0.3) is 5.91 Å². The average Bonchev–Trinajstić information content (AvgIpc) is 3.22. The second kappa shape index (κ2) is 7.17. The average molecular weight is 332 g/mol. The van der Waals surface area contributed by atoms with Crippen LogP contribution in [0.4, 0.5) is 0 Å². The van der Waals surface area contributed by atoms with Gasteiger partial charge in [-0.05, 0) is 33.6 Å². The Morgan fingerprint density at radius 2 is 2.21 bits per heavy atom. The first-order valence-corrected chi connectivity index (χ1v) is 8.46. The summed E-state index contributed by atoms with van der Waals surface area (Å²) in [7, 11) is 0.